The number of nitrogens with two attached hydrogens (primary N) is 1. The molecule has 0 aliphatic carbocycles. The van der Waals surface area contributed by atoms with Gasteiger partial charge in [-0.1, -0.05) is 18.5 Å². The highest BCUT2D eigenvalue weighted by molar-refractivity contribution is 7.16. The number of thiophene rings is 1. The maximum Gasteiger partial charge on any atom is 0.265 e. The number of hydrogen-bond acceptors (Lipinski definition) is 4. The van der Waals surface area contributed by atoms with Gasteiger partial charge in [-0.2, -0.15) is 0 Å². The normalized spacial score (nSPS) is 11.9. The zero-order valence-corrected chi connectivity index (χ0v) is 16.2. The van der Waals surface area contributed by atoms with Crippen molar-refractivity contribution in [2.75, 3.05) is 5.32 Å². The molecule has 25 heavy (non-hydrogen) atoms. The fourth-order valence-electron chi connectivity index (χ4n) is 2.56. The van der Waals surface area contributed by atoms with Crippen molar-refractivity contribution < 1.29 is 14.3 Å². The largest absolute Gasteiger partial charge is 0.481 e. The number of nitrogens with one attached hydrogen (secondary N) is 1. The molecule has 3 N–H and O–H groups in total. The van der Waals surface area contributed by atoms with Crippen molar-refractivity contribution in [2.24, 2.45) is 5.73 Å². The van der Waals surface area contributed by atoms with E-state index in [1.807, 2.05) is 20.8 Å². The monoisotopic (exact) mass is 380 g/mol. The smallest absolute Gasteiger partial charge is 0.265 e. The Bertz CT molecular complexity index is 817. The molecule has 0 radical (unpaired) electrons. The first-order valence-electron chi connectivity index (χ1n) is 7.90. The Morgan fingerprint density at radius 1 is 1.36 bits per heavy atom. The number of carbonyl (C=O) groups excluding carboxylic acids is 2. The Hall–Kier alpha value is -2.05. The van der Waals surface area contributed by atoms with Gasteiger partial charge in [-0.05, 0) is 56.5 Å². The fourth-order valence-corrected chi connectivity index (χ4v) is 3.94. The highest BCUT2D eigenvalue weighted by Gasteiger charge is 2.23. The molecule has 134 valence electrons. The van der Waals surface area contributed by atoms with Crippen LogP contribution in [0, 0.1) is 13.8 Å². The van der Waals surface area contributed by atoms with E-state index in [1.165, 1.54) is 11.3 Å². The van der Waals surface area contributed by atoms with Gasteiger partial charge in [0.15, 0.2) is 6.10 Å². The summed E-state index contributed by atoms with van der Waals surface area (Å²) < 4.78 is 5.72. The number of halogens is 1. The first kappa shape index (κ1) is 19.3. The van der Waals surface area contributed by atoms with Gasteiger partial charge in [-0.25, -0.2) is 0 Å². The van der Waals surface area contributed by atoms with Crippen LogP contribution in [0.2, 0.25) is 5.02 Å². The van der Waals surface area contributed by atoms with Crippen LogP contribution in [0.3, 0.4) is 0 Å². The van der Waals surface area contributed by atoms with Gasteiger partial charge >= 0.3 is 0 Å². The highest BCUT2D eigenvalue weighted by Crippen LogP contribution is 2.33. The van der Waals surface area contributed by atoms with Gasteiger partial charge in [0.25, 0.3) is 11.8 Å². The predicted octanol–water partition coefficient (Wildman–Crippen LogP) is 4.09. The molecule has 2 amide bonds. The van der Waals surface area contributed by atoms with Gasteiger partial charge in [-0.15, -0.1) is 11.3 Å². The number of rotatable bonds is 6. The van der Waals surface area contributed by atoms with E-state index < -0.39 is 12.0 Å². The number of anilines is 1. The van der Waals surface area contributed by atoms with Gasteiger partial charge in [-0.3, -0.25) is 9.59 Å². The molecule has 5 nitrogen and oxygen atoms in total. The van der Waals surface area contributed by atoms with E-state index in [0.717, 1.165) is 16.0 Å². The van der Waals surface area contributed by atoms with Gasteiger partial charge in [0, 0.05) is 9.90 Å². The number of primary amides is 1. The van der Waals surface area contributed by atoms with Crippen LogP contribution in [0.1, 0.15) is 40.2 Å². The van der Waals surface area contributed by atoms with Crippen LogP contribution in [0.4, 0.5) is 5.00 Å². The Balaban J connectivity index is 2.18. The lowest BCUT2D eigenvalue weighted by atomic mass is 10.1. The SMILES string of the molecule is CCc1c(C)sc(NC(=O)[C@@H](C)Oc2ccc(Cl)cc2C)c1C(N)=O. The average Bonchev–Trinajstić information content (AvgIpc) is 2.85. The van der Waals surface area contributed by atoms with Crippen molar-refractivity contribution in [3.8, 4) is 5.75 Å². The molecule has 0 spiro atoms. The zero-order valence-electron chi connectivity index (χ0n) is 14.6. The molecule has 0 bridgehead atoms. The summed E-state index contributed by atoms with van der Waals surface area (Å²) in [4.78, 5) is 25.2. The molecule has 0 aliphatic rings. The van der Waals surface area contributed by atoms with E-state index in [-0.39, 0.29) is 5.91 Å². The second kappa shape index (κ2) is 7.89. The lowest BCUT2D eigenvalue weighted by Crippen LogP contribution is -2.31. The third-order valence-corrected chi connectivity index (χ3v) is 5.15. The lowest BCUT2D eigenvalue weighted by Gasteiger charge is -2.16. The van der Waals surface area contributed by atoms with Crippen molar-refractivity contribution >= 4 is 39.8 Å². The summed E-state index contributed by atoms with van der Waals surface area (Å²) >= 11 is 7.27. The molecule has 7 heteroatoms. The summed E-state index contributed by atoms with van der Waals surface area (Å²) in [5, 5.41) is 3.84. The Labute approximate surface area is 156 Å². The quantitative estimate of drug-likeness (QED) is 0.791. The van der Waals surface area contributed by atoms with E-state index in [9.17, 15) is 9.59 Å². The third-order valence-electron chi connectivity index (χ3n) is 3.86. The molecular weight excluding hydrogens is 360 g/mol. The van der Waals surface area contributed by atoms with Crippen LogP contribution in [-0.4, -0.2) is 17.9 Å². The molecule has 2 aromatic rings. The summed E-state index contributed by atoms with van der Waals surface area (Å²) in [5.74, 6) is -0.307. The van der Waals surface area contributed by atoms with Crippen molar-refractivity contribution in [3.63, 3.8) is 0 Å². The molecule has 1 atom stereocenters. The van der Waals surface area contributed by atoms with Crippen LogP contribution in [-0.2, 0) is 11.2 Å². The lowest BCUT2D eigenvalue weighted by molar-refractivity contribution is -0.122. The molecule has 0 saturated carbocycles. The van der Waals surface area contributed by atoms with Gasteiger partial charge < -0.3 is 15.8 Å². The van der Waals surface area contributed by atoms with Gasteiger partial charge in [0.05, 0.1) is 5.56 Å². The van der Waals surface area contributed by atoms with Crippen molar-refractivity contribution in [1.82, 2.24) is 0 Å². The number of hydrogen-bond donors (Lipinski definition) is 2. The molecule has 1 aromatic carbocycles. The Morgan fingerprint density at radius 2 is 2.04 bits per heavy atom. The second-order valence-electron chi connectivity index (χ2n) is 5.72. The van der Waals surface area contributed by atoms with Crippen LogP contribution in [0.15, 0.2) is 18.2 Å². The topological polar surface area (TPSA) is 81.4 Å². The van der Waals surface area contributed by atoms with Crippen LogP contribution >= 0.6 is 22.9 Å². The van der Waals surface area contributed by atoms with E-state index >= 15 is 0 Å². The minimum atomic E-state index is -0.743. The number of aryl methyl sites for hydroxylation is 2. The molecule has 0 fully saturated rings. The van der Waals surface area contributed by atoms with Crippen molar-refractivity contribution in [2.45, 2.75) is 40.2 Å². The van der Waals surface area contributed by atoms with Crippen LogP contribution < -0.4 is 15.8 Å². The number of amides is 2. The third kappa shape index (κ3) is 4.32. The maximum atomic E-state index is 12.5. The standard InChI is InChI=1S/C18H21ClN2O3S/c1-5-13-11(4)25-18(15(13)16(20)22)21-17(23)10(3)24-14-7-6-12(19)8-9(14)2/h6-8,10H,5H2,1-4H3,(H2,20,22)(H,21,23)/t10-/m1/s1. The summed E-state index contributed by atoms with van der Waals surface area (Å²) in [6, 6.07) is 5.19. The summed E-state index contributed by atoms with van der Waals surface area (Å²) in [5.41, 5.74) is 7.58. The molecule has 0 aliphatic heterocycles. The number of ether oxygens (including phenoxy) is 1. The van der Waals surface area contributed by atoms with E-state index in [4.69, 9.17) is 22.1 Å². The maximum absolute atomic E-state index is 12.5. The Morgan fingerprint density at radius 3 is 2.60 bits per heavy atom. The van der Waals surface area contributed by atoms with Crippen molar-refractivity contribution in [3.05, 3.63) is 44.8 Å². The molecule has 1 aromatic heterocycles. The van der Waals surface area contributed by atoms with Gasteiger partial charge in [0.1, 0.15) is 10.8 Å². The average molecular weight is 381 g/mol. The van der Waals surface area contributed by atoms with Gasteiger partial charge in [0.2, 0.25) is 0 Å². The fraction of sp³-hybridized carbons (Fsp3) is 0.333. The zero-order chi connectivity index (χ0) is 18.7. The number of benzene rings is 1. The molecule has 2 rings (SSSR count). The summed E-state index contributed by atoms with van der Waals surface area (Å²) in [6.45, 7) is 7.35. The van der Waals surface area contributed by atoms with Crippen LogP contribution in [0.5, 0.6) is 5.75 Å². The first-order valence-corrected chi connectivity index (χ1v) is 9.09. The molecular formula is C18H21ClN2O3S. The van der Waals surface area contributed by atoms with Crippen LogP contribution in [0.25, 0.3) is 0 Å². The molecule has 1 heterocycles. The minimum Gasteiger partial charge on any atom is -0.481 e. The number of carbonyl (C=O) groups is 2. The summed E-state index contributed by atoms with van der Waals surface area (Å²) in [6.07, 6.45) is -0.0694. The minimum absolute atomic E-state index is 0.347. The molecule has 0 saturated heterocycles. The predicted molar refractivity (Wildman–Crippen MR) is 102 cm³/mol. The van der Waals surface area contributed by atoms with E-state index in [1.54, 1.807) is 25.1 Å². The second-order valence-corrected chi connectivity index (χ2v) is 7.38. The highest BCUT2D eigenvalue weighted by atomic mass is 35.5. The van der Waals surface area contributed by atoms with Crippen molar-refractivity contribution in [1.29, 1.82) is 0 Å². The van der Waals surface area contributed by atoms with E-state index in [2.05, 4.69) is 5.32 Å². The summed E-state index contributed by atoms with van der Waals surface area (Å²) in [7, 11) is 0. The van der Waals surface area contributed by atoms with E-state index in [0.29, 0.717) is 27.8 Å². The Kier molecular flexibility index (Phi) is 6.08. The molecule has 0 unspecified atom stereocenters. The first-order chi connectivity index (χ1) is 11.7.